The highest BCUT2D eigenvalue weighted by Crippen LogP contribution is 2.37. The SMILES string of the molecule is Cc1cc(=[N+]2CCCC2)c(F)c2sc3cc(N4CCCC4)cc(C)c3nc1-2. The molecule has 2 saturated heterocycles. The van der Waals surface area contributed by atoms with Crippen molar-refractivity contribution in [3.05, 3.63) is 40.5 Å². The van der Waals surface area contributed by atoms with Gasteiger partial charge in [0.05, 0.1) is 20.8 Å². The van der Waals surface area contributed by atoms with E-state index in [1.54, 1.807) is 11.3 Å². The molecule has 0 atom stereocenters. The number of rotatable bonds is 1. The first-order valence-corrected chi connectivity index (χ1v) is 10.8. The summed E-state index contributed by atoms with van der Waals surface area (Å²) in [5.41, 5.74) is 5.31. The zero-order chi connectivity index (χ0) is 18.5. The fraction of sp³-hybridized carbons (Fsp3) is 0.455. The standard InChI is InChI=1S/C22H25FN3S/c1-14-11-16(25-7-3-4-8-25)13-18-20(14)24-21-15(2)12-17(19(23)22(21)27-18)26-9-5-6-10-26/h11-13H,3-10H2,1-2H3/q+1. The van der Waals surface area contributed by atoms with Crippen molar-refractivity contribution in [3.8, 4) is 10.6 Å². The van der Waals surface area contributed by atoms with Crippen LogP contribution in [0.2, 0.25) is 0 Å². The number of nitrogens with zero attached hydrogens (tertiary/aromatic N) is 3. The van der Waals surface area contributed by atoms with Gasteiger partial charge in [-0.25, -0.2) is 9.56 Å². The molecule has 0 unspecified atom stereocenters. The summed E-state index contributed by atoms with van der Waals surface area (Å²) < 4.78 is 18.7. The molecule has 1 aromatic rings. The summed E-state index contributed by atoms with van der Waals surface area (Å²) in [5.74, 6) is -0.0962. The Morgan fingerprint density at radius 3 is 2.48 bits per heavy atom. The highest BCUT2D eigenvalue weighted by Gasteiger charge is 2.24. The largest absolute Gasteiger partial charge is 0.371 e. The summed E-state index contributed by atoms with van der Waals surface area (Å²) in [6.07, 6.45) is 4.80. The zero-order valence-electron chi connectivity index (χ0n) is 16.0. The Morgan fingerprint density at radius 1 is 1.00 bits per heavy atom. The summed E-state index contributed by atoms with van der Waals surface area (Å²) in [7, 11) is 0. The number of aromatic nitrogens is 1. The van der Waals surface area contributed by atoms with E-state index in [4.69, 9.17) is 4.98 Å². The Morgan fingerprint density at radius 2 is 1.74 bits per heavy atom. The Kier molecular flexibility index (Phi) is 4.15. The van der Waals surface area contributed by atoms with Crippen molar-refractivity contribution in [1.29, 1.82) is 0 Å². The zero-order valence-corrected chi connectivity index (χ0v) is 16.8. The maximum Gasteiger partial charge on any atom is 0.237 e. The predicted molar refractivity (Wildman–Crippen MR) is 111 cm³/mol. The van der Waals surface area contributed by atoms with Crippen LogP contribution in [0.15, 0.2) is 18.2 Å². The molecule has 3 heterocycles. The lowest BCUT2D eigenvalue weighted by Gasteiger charge is -2.19. The Hall–Kier alpha value is -2.01. The number of benzene rings is 2. The molecule has 1 aromatic carbocycles. The normalized spacial score (nSPS) is 17.6. The second-order valence-corrected chi connectivity index (χ2v) is 8.97. The molecule has 0 radical (unpaired) electrons. The van der Waals surface area contributed by atoms with Crippen molar-refractivity contribution >= 4 is 27.2 Å². The summed E-state index contributed by atoms with van der Waals surface area (Å²) >= 11 is 1.56. The maximum atomic E-state index is 15.4. The van der Waals surface area contributed by atoms with Crippen molar-refractivity contribution in [2.24, 2.45) is 0 Å². The lowest BCUT2D eigenvalue weighted by Crippen LogP contribution is -2.30. The average molecular weight is 383 g/mol. The molecule has 27 heavy (non-hydrogen) atoms. The van der Waals surface area contributed by atoms with E-state index in [0.29, 0.717) is 4.88 Å². The van der Waals surface area contributed by atoms with E-state index in [1.165, 1.54) is 24.1 Å². The lowest BCUT2D eigenvalue weighted by molar-refractivity contribution is 0.577. The smallest absolute Gasteiger partial charge is 0.237 e. The first kappa shape index (κ1) is 17.1. The topological polar surface area (TPSA) is 19.1 Å². The molecule has 0 aromatic heterocycles. The summed E-state index contributed by atoms with van der Waals surface area (Å²) in [5, 5.41) is 0.752. The third kappa shape index (κ3) is 2.83. The number of halogens is 1. The van der Waals surface area contributed by atoms with E-state index in [0.717, 1.165) is 65.9 Å². The first-order chi connectivity index (χ1) is 13.1. The molecule has 140 valence electrons. The van der Waals surface area contributed by atoms with Crippen LogP contribution in [0, 0.1) is 19.7 Å². The van der Waals surface area contributed by atoms with Gasteiger partial charge in [-0.1, -0.05) is 0 Å². The minimum absolute atomic E-state index is 0.0962. The van der Waals surface area contributed by atoms with Gasteiger partial charge in [0, 0.05) is 37.7 Å². The predicted octanol–water partition coefficient (Wildman–Crippen LogP) is 4.32. The minimum Gasteiger partial charge on any atom is -0.371 e. The molecule has 5 rings (SSSR count). The second kappa shape index (κ2) is 6.55. The molecule has 0 saturated carbocycles. The second-order valence-electron chi connectivity index (χ2n) is 7.92. The van der Waals surface area contributed by atoms with Gasteiger partial charge in [-0.3, -0.25) is 0 Å². The number of anilines is 1. The molecule has 5 heteroatoms. The van der Waals surface area contributed by atoms with Crippen molar-refractivity contribution in [2.75, 3.05) is 31.1 Å². The van der Waals surface area contributed by atoms with Crippen molar-refractivity contribution in [3.63, 3.8) is 0 Å². The summed E-state index contributed by atoms with van der Waals surface area (Å²) in [6.45, 7) is 8.31. The number of hydrogen-bond acceptors (Lipinski definition) is 3. The Labute approximate surface area is 163 Å². The van der Waals surface area contributed by atoms with Gasteiger partial charge in [-0.05, 0) is 49.9 Å². The highest BCUT2D eigenvalue weighted by atomic mass is 32.1. The Balaban J connectivity index is 1.78. The van der Waals surface area contributed by atoms with Crippen LogP contribution in [-0.2, 0) is 0 Å². The van der Waals surface area contributed by atoms with E-state index < -0.39 is 0 Å². The molecule has 4 aliphatic rings. The average Bonchev–Trinajstić information content (AvgIpc) is 3.37. The third-order valence-corrected chi connectivity index (χ3v) is 7.08. The molecule has 0 N–H and O–H groups in total. The van der Waals surface area contributed by atoms with Gasteiger partial charge in [0.2, 0.25) is 11.2 Å². The van der Waals surface area contributed by atoms with Gasteiger partial charge in [0.15, 0.2) is 0 Å². The van der Waals surface area contributed by atoms with Gasteiger partial charge >= 0.3 is 0 Å². The monoisotopic (exact) mass is 382 g/mol. The van der Waals surface area contributed by atoms with Crippen LogP contribution < -0.4 is 14.8 Å². The molecule has 3 nitrogen and oxygen atoms in total. The molecule has 3 aliphatic heterocycles. The molecule has 0 spiro atoms. The van der Waals surface area contributed by atoms with E-state index in [9.17, 15) is 0 Å². The highest BCUT2D eigenvalue weighted by molar-refractivity contribution is 7.21. The van der Waals surface area contributed by atoms with E-state index >= 15 is 4.39 Å². The third-order valence-electron chi connectivity index (χ3n) is 5.97. The molecular weight excluding hydrogens is 357 g/mol. The summed E-state index contributed by atoms with van der Waals surface area (Å²) in [6, 6.07) is 6.44. The van der Waals surface area contributed by atoms with Crippen LogP contribution in [-0.4, -0.2) is 31.2 Å². The van der Waals surface area contributed by atoms with Crippen molar-refractivity contribution in [2.45, 2.75) is 39.5 Å². The van der Waals surface area contributed by atoms with Gasteiger partial charge in [-0.15, -0.1) is 11.3 Å². The van der Waals surface area contributed by atoms with Crippen LogP contribution in [0.1, 0.15) is 36.8 Å². The van der Waals surface area contributed by atoms with Crippen molar-refractivity contribution < 1.29 is 4.39 Å². The molecule has 1 aliphatic carbocycles. The van der Waals surface area contributed by atoms with Gasteiger partial charge in [0.25, 0.3) is 0 Å². The van der Waals surface area contributed by atoms with E-state index in [-0.39, 0.29) is 5.82 Å². The van der Waals surface area contributed by atoms with E-state index in [2.05, 4.69) is 35.5 Å². The van der Waals surface area contributed by atoms with E-state index in [1.807, 2.05) is 6.07 Å². The van der Waals surface area contributed by atoms with Gasteiger partial charge < -0.3 is 4.90 Å². The van der Waals surface area contributed by atoms with Gasteiger partial charge in [0.1, 0.15) is 13.1 Å². The van der Waals surface area contributed by atoms with Crippen LogP contribution in [0.25, 0.3) is 20.8 Å². The van der Waals surface area contributed by atoms with Crippen LogP contribution >= 0.6 is 11.3 Å². The molecule has 0 bridgehead atoms. The fourth-order valence-corrected chi connectivity index (χ4v) is 5.69. The molecule has 0 amide bonds. The quantitative estimate of drug-likeness (QED) is 0.461. The van der Waals surface area contributed by atoms with Crippen LogP contribution in [0.4, 0.5) is 10.1 Å². The summed E-state index contributed by atoms with van der Waals surface area (Å²) in [4.78, 5) is 8.04. The van der Waals surface area contributed by atoms with Crippen LogP contribution in [0.3, 0.4) is 0 Å². The number of fused-ring (bicyclic) bond motifs is 2. The van der Waals surface area contributed by atoms with Crippen LogP contribution in [0.5, 0.6) is 0 Å². The first-order valence-electron chi connectivity index (χ1n) is 9.99. The maximum absolute atomic E-state index is 15.4. The molecular formula is C22H25FN3S+. The lowest BCUT2D eigenvalue weighted by atomic mass is 10.1. The minimum atomic E-state index is -0.0962. The number of hydrogen-bond donors (Lipinski definition) is 0. The fourth-order valence-electron chi connectivity index (χ4n) is 4.49. The van der Waals surface area contributed by atoms with Crippen molar-refractivity contribution in [1.82, 2.24) is 9.56 Å². The van der Waals surface area contributed by atoms with Gasteiger partial charge in [-0.2, -0.15) is 4.39 Å². The molecule has 2 fully saturated rings. The number of aryl methyl sites for hydroxylation is 2. The Bertz CT molecular complexity index is 1070.